The number of alkyl halides is 1. The van der Waals surface area contributed by atoms with Gasteiger partial charge in [0.2, 0.25) is 0 Å². The van der Waals surface area contributed by atoms with Crippen LogP contribution in [0.5, 0.6) is 0 Å². The number of hydrogen-bond donors (Lipinski definition) is 0. The summed E-state index contributed by atoms with van der Waals surface area (Å²) >= 11 is 5.73. The molecule has 0 aromatic heterocycles. The van der Waals surface area contributed by atoms with Crippen molar-refractivity contribution in [1.82, 2.24) is 0 Å². The van der Waals surface area contributed by atoms with Gasteiger partial charge < -0.3 is 4.74 Å². The highest BCUT2D eigenvalue weighted by Crippen LogP contribution is 2.21. The van der Waals surface area contributed by atoms with Gasteiger partial charge in [-0.3, -0.25) is 0 Å². The first-order valence-corrected chi connectivity index (χ1v) is 5.55. The Labute approximate surface area is 91.0 Å². The van der Waals surface area contributed by atoms with Crippen LogP contribution in [0.3, 0.4) is 0 Å². The summed E-state index contributed by atoms with van der Waals surface area (Å²) < 4.78 is 5.62. The lowest BCUT2D eigenvalue weighted by Crippen LogP contribution is -2.04. The molecule has 0 fully saturated rings. The predicted molar refractivity (Wildman–Crippen MR) is 60.9 cm³/mol. The molecule has 78 valence electrons. The number of rotatable bonds is 5. The van der Waals surface area contributed by atoms with Crippen LogP contribution < -0.4 is 0 Å². The average Bonchev–Trinajstić information content (AvgIpc) is 2.19. The third kappa shape index (κ3) is 3.32. The molecular formula is C12H17ClO. The van der Waals surface area contributed by atoms with E-state index in [4.69, 9.17) is 16.3 Å². The maximum atomic E-state index is 5.73. The highest BCUT2D eigenvalue weighted by Gasteiger charge is 2.09. The van der Waals surface area contributed by atoms with Crippen LogP contribution in [-0.4, -0.2) is 12.5 Å². The fourth-order valence-electron chi connectivity index (χ4n) is 1.43. The molecular weight excluding hydrogens is 196 g/mol. The molecule has 0 aliphatic carbocycles. The molecule has 0 amide bonds. The van der Waals surface area contributed by atoms with Gasteiger partial charge in [-0.15, -0.1) is 11.6 Å². The highest BCUT2D eigenvalue weighted by atomic mass is 35.5. The number of aryl methyl sites for hydroxylation is 1. The number of halogens is 1. The van der Waals surface area contributed by atoms with Gasteiger partial charge >= 0.3 is 0 Å². The van der Waals surface area contributed by atoms with E-state index in [1.54, 1.807) is 0 Å². The van der Waals surface area contributed by atoms with Crippen molar-refractivity contribution in [1.29, 1.82) is 0 Å². The summed E-state index contributed by atoms with van der Waals surface area (Å²) in [6, 6.07) is 8.44. The van der Waals surface area contributed by atoms with Crippen molar-refractivity contribution in [2.45, 2.75) is 26.4 Å². The molecule has 0 radical (unpaired) electrons. The van der Waals surface area contributed by atoms with Gasteiger partial charge in [0, 0.05) is 12.5 Å². The minimum absolute atomic E-state index is 0.151. The Morgan fingerprint density at radius 3 is 2.43 bits per heavy atom. The van der Waals surface area contributed by atoms with Gasteiger partial charge in [-0.05, 0) is 25.8 Å². The molecule has 0 N–H and O–H groups in total. The summed E-state index contributed by atoms with van der Waals surface area (Å²) in [5, 5.41) is 0. The molecule has 0 unspecified atom stereocenters. The van der Waals surface area contributed by atoms with Gasteiger partial charge in [-0.25, -0.2) is 0 Å². The largest absolute Gasteiger partial charge is 0.374 e. The highest BCUT2D eigenvalue weighted by molar-refractivity contribution is 6.17. The first-order chi connectivity index (χ1) is 6.77. The maximum absolute atomic E-state index is 5.73. The fraction of sp³-hybridized carbons (Fsp3) is 0.500. The summed E-state index contributed by atoms with van der Waals surface area (Å²) in [4.78, 5) is 0. The number of benzene rings is 1. The molecule has 0 saturated heterocycles. The average molecular weight is 213 g/mol. The Morgan fingerprint density at radius 1 is 1.29 bits per heavy atom. The lowest BCUT2D eigenvalue weighted by Gasteiger charge is -2.16. The molecule has 1 aromatic rings. The van der Waals surface area contributed by atoms with Crippen LogP contribution in [0.25, 0.3) is 0 Å². The van der Waals surface area contributed by atoms with E-state index in [1.807, 2.05) is 6.92 Å². The molecule has 1 rings (SSSR count). The van der Waals surface area contributed by atoms with Crippen molar-refractivity contribution in [2.75, 3.05) is 12.5 Å². The zero-order chi connectivity index (χ0) is 10.4. The Hall–Kier alpha value is -0.530. The monoisotopic (exact) mass is 212 g/mol. The third-order valence-corrected chi connectivity index (χ3v) is 2.41. The van der Waals surface area contributed by atoms with Crippen LogP contribution in [0.1, 0.15) is 30.6 Å². The van der Waals surface area contributed by atoms with E-state index in [0.29, 0.717) is 5.88 Å². The van der Waals surface area contributed by atoms with Gasteiger partial charge in [-0.1, -0.05) is 29.8 Å². The molecule has 0 spiro atoms. The fourth-order valence-corrected chi connectivity index (χ4v) is 1.63. The number of ether oxygens (including phenoxy) is 1. The first kappa shape index (κ1) is 11.5. The second kappa shape index (κ2) is 6.05. The standard InChI is InChI=1S/C12H17ClO/c1-3-14-12(8-9-13)11-6-4-10(2)5-7-11/h4-7,12H,3,8-9H2,1-2H3/t12-/m0/s1. The minimum atomic E-state index is 0.151. The molecule has 1 nitrogen and oxygen atoms in total. The lowest BCUT2D eigenvalue weighted by atomic mass is 10.1. The summed E-state index contributed by atoms with van der Waals surface area (Å²) in [6.45, 7) is 4.83. The van der Waals surface area contributed by atoms with E-state index in [1.165, 1.54) is 11.1 Å². The van der Waals surface area contributed by atoms with Gasteiger partial charge in [-0.2, -0.15) is 0 Å². The van der Waals surface area contributed by atoms with E-state index in [2.05, 4.69) is 31.2 Å². The van der Waals surface area contributed by atoms with Crippen LogP contribution in [0.2, 0.25) is 0 Å². The SMILES string of the molecule is CCO[C@@H](CCCl)c1ccc(C)cc1. The van der Waals surface area contributed by atoms with Crippen LogP contribution in [0.15, 0.2) is 24.3 Å². The van der Waals surface area contributed by atoms with Crippen molar-refractivity contribution < 1.29 is 4.74 Å². The van der Waals surface area contributed by atoms with Gasteiger partial charge in [0.25, 0.3) is 0 Å². The minimum Gasteiger partial charge on any atom is -0.374 e. The second-order valence-corrected chi connectivity index (χ2v) is 3.71. The van der Waals surface area contributed by atoms with E-state index >= 15 is 0 Å². The molecule has 2 heteroatoms. The summed E-state index contributed by atoms with van der Waals surface area (Å²) in [5.74, 6) is 0.637. The Balaban J connectivity index is 2.71. The molecule has 0 aliphatic rings. The number of hydrogen-bond acceptors (Lipinski definition) is 1. The smallest absolute Gasteiger partial charge is 0.0836 e. The second-order valence-electron chi connectivity index (χ2n) is 3.33. The molecule has 0 heterocycles. The van der Waals surface area contributed by atoms with Crippen LogP contribution in [-0.2, 0) is 4.74 Å². The van der Waals surface area contributed by atoms with Crippen LogP contribution in [0.4, 0.5) is 0 Å². The van der Waals surface area contributed by atoms with Crippen molar-refractivity contribution in [3.05, 3.63) is 35.4 Å². The van der Waals surface area contributed by atoms with Gasteiger partial charge in [0.05, 0.1) is 6.10 Å². The molecule has 1 atom stereocenters. The van der Waals surface area contributed by atoms with E-state index in [-0.39, 0.29) is 6.10 Å². The Kier molecular flexibility index (Phi) is 4.99. The van der Waals surface area contributed by atoms with Crippen molar-refractivity contribution >= 4 is 11.6 Å². The quantitative estimate of drug-likeness (QED) is 0.677. The van der Waals surface area contributed by atoms with Crippen molar-refractivity contribution in [3.8, 4) is 0 Å². The summed E-state index contributed by atoms with van der Waals surface area (Å²) in [7, 11) is 0. The van der Waals surface area contributed by atoms with Gasteiger partial charge in [0.15, 0.2) is 0 Å². The summed E-state index contributed by atoms with van der Waals surface area (Å²) in [6.07, 6.45) is 1.02. The van der Waals surface area contributed by atoms with Crippen LogP contribution >= 0.6 is 11.6 Å². The van der Waals surface area contributed by atoms with Crippen molar-refractivity contribution in [2.24, 2.45) is 0 Å². The maximum Gasteiger partial charge on any atom is 0.0836 e. The zero-order valence-electron chi connectivity index (χ0n) is 8.79. The van der Waals surface area contributed by atoms with E-state index in [0.717, 1.165) is 13.0 Å². The van der Waals surface area contributed by atoms with E-state index < -0.39 is 0 Å². The first-order valence-electron chi connectivity index (χ1n) is 5.02. The van der Waals surface area contributed by atoms with Crippen molar-refractivity contribution in [3.63, 3.8) is 0 Å². The molecule has 1 aromatic carbocycles. The molecule has 0 bridgehead atoms. The third-order valence-electron chi connectivity index (χ3n) is 2.19. The predicted octanol–water partition coefficient (Wildman–Crippen LogP) is 3.70. The van der Waals surface area contributed by atoms with Crippen LogP contribution in [0, 0.1) is 6.92 Å². The zero-order valence-corrected chi connectivity index (χ0v) is 9.55. The Bertz CT molecular complexity index is 250. The molecule has 0 aliphatic heterocycles. The topological polar surface area (TPSA) is 9.23 Å². The normalized spacial score (nSPS) is 12.8. The van der Waals surface area contributed by atoms with Gasteiger partial charge in [0.1, 0.15) is 0 Å². The van der Waals surface area contributed by atoms with E-state index in [9.17, 15) is 0 Å². The summed E-state index contributed by atoms with van der Waals surface area (Å²) in [5.41, 5.74) is 2.49. The molecule has 14 heavy (non-hydrogen) atoms. The lowest BCUT2D eigenvalue weighted by molar-refractivity contribution is 0.0604. The Morgan fingerprint density at radius 2 is 1.93 bits per heavy atom. The molecule has 0 saturated carbocycles.